The van der Waals surface area contributed by atoms with E-state index in [1.165, 1.54) is 0 Å². The molecule has 1 aromatic rings. The monoisotopic (exact) mass is 250 g/mol. The van der Waals surface area contributed by atoms with Crippen molar-refractivity contribution in [1.29, 1.82) is 0 Å². The van der Waals surface area contributed by atoms with Gasteiger partial charge in [-0.05, 0) is 39.5 Å². The van der Waals surface area contributed by atoms with Gasteiger partial charge in [0.2, 0.25) is 5.91 Å². The third-order valence-corrected chi connectivity index (χ3v) is 3.99. The Morgan fingerprint density at radius 1 is 1.39 bits per heavy atom. The van der Waals surface area contributed by atoms with E-state index in [0.717, 1.165) is 48.9 Å². The number of rotatable bonds is 2. The minimum Gasteiger partial charge on any atom is -0.361 e. The fourth-order valence-electron chi connectivity index (χ4n) is 2.73. The van der Waals surface area contributed by atoms with Gasteiger partial charge >= 0.3 is 0 Å². The molecule has 4 heteroatoms. The maximum atomic E-state index is 12.5. The Bertz CT molecular complexity index is 412. The SMILES string of the molecule is Cc1noc(C)c1[C@H](C)C(=O)N1CCC(C)CC1. The molecule has 2 heterocycles. The third-order valence-electron chi connectivity index (χ3n) is 3.99. The van der Waals surface area contributed by atoms with Crippen molar-refractivity contribution >= 4 is 5.91 Å². The lowest BCUT2D eigenvalue weighted by molar-refractivity contribution is -0.133. The molecule has 100 valence electrons. The molecule has 0 aromatic carbocycles. The van der Waals surface area contributed by atoms with Gasteiger partial charge in [-0.1, -0.05) is 12.1 Å². The summed E-state index contributed by atoms with van der Waals surface area (Å²) in [6, 6.07) is 0. The van der Waals surface area contributed by atoms with Crippen molar-refractivity contribution in [2.75, 3.05) is 13.1 Å². The van der Waals surface area contributed by atoms with E-state index in [9.17, 15) is 4.79 Å². The molecule has 4 nitrogen and oxygen atoms in total. The van der Waals surface area contributed by atoms with E-state index in [2.05, 4.69) is 12.1 Å². The number of likely N-dealkylation sites (tertiary alicyclic amines) is 1. The van der Waals surface area contributed by atoms with Crippen LogP contribution in [0, 0.1) is 19.8 Å². The smallest absolute Gasteiger partial charge is 0.230 e. The van der Waals surface area contributed by atoms with E-state index < -0.39 is 0 Å². The molecule has 0 saturated carbocycles. The number of aromatic nitrogens is 1. The first-order chi connectivity index (χ1) is 8.50. The van der Waals surface area contributed by atoms with Gasteiger partial charge in [0.05, 0.1) is 11.6 Å². The zero-order valence-electron chi connectivity index (χ0n) is 11.7. The first-order valence-electron chi connectivity index (χ1n) is 6.72. The second kappa shape index (κ2) is 5.12. The van der Waals surface area contributed by atoms with Gasteiger partial charge in [0.25, 0.3) is 0 Å². The van der Waals surface area contributed by atoms with E-state index in [0.29, 0.717) is 0 Å². The van der Waals surface area contributed by atoms with Gasteiger partial charge < -0.3 is 9.42 Å². The summed E-state index contributed by atoms with van der Waals surface area (Å²) in [7, 11) is 0. The van der Waals surface area contributed by atoms with Crippen LogP contribution in [0.3, 0.4) is 0 Å². The van der Waals surface area contributed by atoms with Crippen LogP contribution in [0.5, 0.6) is 0 Å². The summed E-state index contributed by atoms with van der Waals surface area (Å²) in [4.78, 5) is 14.4. The molecular formula is C14H22N2O2. The summed E-state index contributed by atoms with van der Waals surface area (Å²) < 4.78 is 5.15. The van der Waals surface area contributed by atoms with Crippen LogP contribution in [0.1, 0.15) is 49.6 Å². The van der Waals surface area contributed by atoms with Gasteiger partial charge in [0, 0.05) is 18.7 Å². The van der Waals surface area contributed by atoms with E-state index in [-0.39, 0.29) is 11.8 Å². The molecule has 1 saturated heterocycles. The van der Waals surface area contributed by atoms with Crippen molar-refractivity contribution in [3.8, 4) is 0 Å². The van der Waals surface area contributed by atoms with Gasteiger partial charge in [0.15, 0.2) is 0 Å². The Morgan fingerprint density at radius 3 is 2.50 bits per heavy atom. The molecule has 18 heavy (non-hydrogen) atoms. The second-order valence-electron chi connectivity index (χ2n) is 5.47. The average Bonchev–Trinajstić information content (AvgIpc) is 2.68. The number of aryl methyl sites for hydroxylation is 2. The van der Waals surface area contributed by atoms with Crippen molar-refractivity contribution in [2.45, 2.75) is 46.5 Å². The fraction of sp³-hybridized carbons (Fsp3) is 0.714. The van der Waals surface area contributed by atoms with Crippen molar-refractivity contribution < 1.29 is 9.32 Å². The second-order valence-corrected chi connectivity index (χ2v) is 5.47. The molecule has 0 bridgehead atoms. The van der Waals surface area contributed by atoms with Crippen molar-refractivity contribution in [3.63, 3.8) is 0 Å². The molecular weight excluding hydrogens is 228 g/mol. The molecule has 1 amide bonds. The molecule has 1 atom stereocenters. The first kappa shape index (κ1) is 13.1. The normalized spacial score (nSPS) is 19.0. The number of hydrogen-bond donors (Lipinski definition) is 0. The lowest BCUT2D eigenvalue weighted by atomic mass is 9.94. The highest BCUT2D eigenvalue weighted by molar-refractivity contribution is 5.83. The first-order valence-corrected chi connectivity index (χ1v) is 6.72. The van der Waals surface area contributed by atoms with Crippen LogP contribution in [-0.4, -0.2) is 29.1 Å². The van der Waals surface area contributed by atoms with Gasteiger partial charge in [-0.3, -0.25) is 4.79 Å². The molecule has 1 fully saturated rings. The molecule has 0 unspecified atom stereocenters. The quantitative estimate of drug-likeness (QED) is 0.810. The Balaban J connectivity index is 2.09. The standard InChI is InChI=1S/C14H22N2O2/c1-9-5-7-16(8-6-9)14(17)10(2)13-11(3)15-18-12(13)4/h9-10H,5-8H2,1-4H3/t10-/m0/s1. The highest BCUT2D eigenvalue weighted by atomic mass is 16.5. The van der Waals surface area contributed by atoms with Crippen LogP contribution in [0.4, 0.5) is 0 Å². The predicted octanol–water partition coefficient (Wildman–Crippen LogP) is 2.65. The van der Waals surface area contributed by atoms with Crippen LogP contribution < -0.4 is 0 Å². The lowest BCUT2D eigenvalue weighted by Crippen LogP contribution is -2.40. The molecule has 0 radical (unpaired) electrons. The van der Waals surface area contributed by atoms with Crippen LogP contribution in [-0.2, 0) is 4.79 Å². The van der Waals surface area contributed by atoms with Crippen LogP contribution in [0.2, 0.25) is 0 Å². The van der Waals surface area contributed by atoms with Crippen LogP contribution in [0.15, 0.2) is 4.52 Å². The van der Waals surface area contributed by atoms with E-state index in [1.54, 1.807) is 0 Å². The van der Waals surface area contributed by atoms with Crippen molar-refractivity contribution in [3.05, 3.63) is 17.0 Å². The fourth-order valence-corrected chi connectivity index (χ4v) is 2.73. The molecule has 1 aliphatic heterocycles. The van der Waals surface area contributed by atoms with Crippen LogP contribution >= 0.6 is 0 Å². The van der Waals surface area contributed by atoms with Gasteiger partial charge in [0.1, 0.15) is 5.76 Å². The maximum absolute atomic E-state index is 12.5. The van der Waals surface area contributed by atoms with Crippen LogP contribution in [0.25, 0.3) is 0 Å². The summed E-state index contributed by atoms with van der Waals surface area (Å²) in [6.45, 7) is 9.74. The average molecular weight is 250 g/mol. The Morgan fingerprint density at radius 2 is 2.00 bits per heavy atom. The van der Waals surface area contributed by atoms with Gasteiger partial charge in [-0.15, -0.1) is 0 Å². The zero-order valence-corrected chi connectivity index (χ0v) is 11.7. The number of piperidine rings is 1. The summed E-state index contributed by atoms with van der Waals surface area (Å²) in [5.41, 5.74) is 1.79. The molecule has 0 N–H and O–H groups in total. The number of nitrogens with zero attached hydrogens (tertiary/aromatic N) is 2. The molecule has 0 aliphatic carbocycles. The lowest BCUT2D eigenvalue weighted by Gasteiger charge is -2.32. The highest BCUT2D eigenvalue weighted by Crippen LogP contribution is 2.26. The van der Waals surface area contributed by atoms with E-state index in [1.807, 2.05) is 25.7 Å². The highest BCUT2D eigenvalue weighted by Gasteiger charge is 2.28. The molecule has 2 rings (SSSR count). The summed E-state index contributed by atoms with van der Waals surface area (Å²) >= 11 is 0. The minimum absolute atomic E-state index is 0.148. The zero-order chi connectivity index (χ0) is 13.3. The molecule has 0 spiro atoms. The third kappa shape index (κ3) is 2.42. The molecule has 1 aromatic heterocycles. The van der Waals surface area contributed by atoms with Crippen molar-refractivity contribution in [2.24, 2.45) is 5.92 Å². The molecule has 1 aliphatic rings. The number of hydrogen-bond acceptors (Lipinski definition) is 3. The number of amides is 1. The topological polar surface area (TPSA) is 46.3 Å². The van der Waals surface area contributed by atoms with Gasteiger partial charge in [-0.25, -0.2) is 0 Å². The maximum Gasteiger partial charge on any atom is 0.230 e. The Labute approximate surface area is 108 Å². The minimum atomic E-state index is -0.148. The summed E-state index contributed by atoms with van der Waals surface area (Å²) in [5.74, 6) is 1.56. The van der Waals surface area contributed by atoms with E-state index in [4.69, 9.17) is 4.52 Å². The number of carbonyl (C=O) groups is 1. The van der Waals surface area contributed by atoms with Crippen molar-refractivity contribution in [1.82, 2.24) is 10.1 Å². The largest absolute Gasteiger partial charge is 0.361 e. The number of carbonyl (C=O) groups excluding carboxylic acids is 1. The summed E-state index contributed by atoms with van der Waals surface area (Å²) in [5, 5.41) is 3.93. The Kier molecular flexibility index (Phi) is 3.73. The van der Waals surface area contributed by atoms with Gasteiger partial charge in [-0.2, -0.15) is 0 Å². The Hall–Kier alpha value is -1.32. The predicted molar refractivity (Wildman–Crippen MR) is 69.4 cm³/mol. The van der Waals surface area contributed by atoms with E-state index >= 15 is 0 Å². The summed E-state index contributed by atoms with van der Waals surface area (Å²) in [6.07, 6.45) is 2.22.